The topological polar surface area (TPSA) is 47.0 Å². The number of thiazole rings is 1. The van der Waals surface area contributed by atoms with Gasteiger partial charge in [-0.05, 0) is 59.7 Å². The van der Waals surface area contributed by atoms with Crippen molar-refractivity contribution in [3.05, 3.63) is 93.8 Å². The van der Waals surface area contributed by atoms with Crippen LogP contribution in [0.3, 0.4) is 0 Å². The van der Waals surface area contributed by atoms with E-state index in [4.69, 9.17) is 19.6 Å². The third kappa shape index (κ3) is 4.51. The molecule has 1 aliphatic heterocycles. The van der Waals surface area contributed by atoms with Crippen molar-refractivity contribution < 1.29 is 9.47 Å². The second-order valence-electron chi connectivity index (χ2n) is 7.64. The van der Waals surface area contributed by atoms with E-state index in [0.717, 1.165) is 50.1 Å². The van der Waals surface area contributed by atoms with Crippen molar-refractivity contribution in [2.24, 2.45) is 5.10 Å². The Morgan fingerprint density at radius 1 is 0.848 bits per heavy atom. The maximum Gasteiger partial charge on any atom is 0.207 e. The number of ether oxygens (including phenoxy) is 2. The number of nitrogens with zero attached hydrogens (tertiary/aromatic N) is 3. The van der Waals surface area contributed by atoms with Crippen LogP contribution < -0.4 is 14.5 Å². The Morgan fingerprint density at radius 2 is 1.45 bits per heavy atom. The molecule has 3 aromatic carbocycles. The number of benzene rings is 3. The lowest BCUT2D eigenvalue weighted by Gasteiger charge is -2.21. The zero-order valence-electron chi connectivity index (χ0n) is 18.2. The Hall–Kier alpha value is -3.16. The van der Waals surface area contributed by atoms with Crippen LogP contribution in [0.2, 0.25) is 0 Å². The van der Waals surface area contributed by atoms with E-state index in [1.807, 2.05) is 41.4 Å². The molecule has 166 valence electrons. The van der Waals surface area contributed by atoms with Gasteiger partial charge in [-0.15, -0.1) is 11.3 Å². The van der Waals surface area contributed by atoms with Crippen molar-refractivity contribution in [2.75, 3.05) is 19.2 Å². The number of hydrogen-bond donors (Lipinski definition) is 0. The summed E-state index contributed by atoms with van der Waals surface area (Å²) in [7, 11) is 3.36. The van der Waals surface area contributed by atoms with Crippen LogP contribution in [0.4, 0.5) is 5.13 Å². The van der Waals surface area contributed by atoms with E-state index in [-0.39, 0.29) is 6.04 Å². The second-order valence-corrected chi connectivity index (χ2v) is 9.39. The molecule has 1 aliphatic rings. The molecule has 0 bridgehead atoms. The molecule has 7 heteroatoms. The average molecular weight is 520 g/mol. The Labute approximate surface area is 205 Å². The molecule has 0 spiro atoms. The van der Waals surface area contributed by atoms with Gasteiger partial charge in [0.05, 0.1) is 31.7 Å². The second kappa shape index (κ2) is 9.37. The highest BCUT2D eigenvalue weighted by Crippen LogP contribution is 2.40. The predicted octanol–water partition coefficient (Wildman–Crippen LogP) is 6.95. The summed E-state index contributed by atoms with van der Waals surface area (Å²) in [5.74, 6) is 1.67. The quantitative estimate of drug-likeness (QED) is 0.276. The van der Waals surface area contributed by atoms with Crippen LogP contribution in [0, 0.1) is 0 Å². The monoisotopic (exact) mass is 519 g/mol. The zero-order chi connectivity index (χ0) is 22.8. The number of hydrazone groups is 1. The molecule has 0 radical (unpaired) electrons. The number of halogens is 1. The molecular weight excluding hydrogens is 498 g/mol. The molecule has 5 nitrogen and oxygen atoms in total. The molecule has 0 aliphatic carbocycles. The van der Waals surface area contributed by atoms with Crippen LogP contribution in [0.1, 0.15) is 23.6 Å². The normalized spacial score (nSPS) is 15.4. The number of anilines is 1. The van der Waals surface area contributed by atoms with E-state index in [2.05, 4.69) is 57.7 Å². The van der Waals surface area contributed by atoms with Crippen LogP contribution in [0.5, 0.6) is 11.5 Å². The minimum absolute atomic E-state index is 0.0527. The summed E-state index contributed by atoms with van der Waals surface area (Å²) in [6.45, 7) is 0. The summed E-state index contributed by atoms with van der Waals surface area (Å²) in [6, 6.07) is 24.5. The minimum Gasteiger partial charge on any atom is -0.497 e. The van der Waals surface area contributed by atoms with Crippen LogP contribution in [-0.2, 0) is 0 Å². The first-order valence-electron chi connectivity index (χ1n) is 10.5. The highest BCUT2D eigenvalue weighted by Gasteiger charge is 2.31. The van der Waals surface area contributed by atoms with Gasteiger partial charge in [0, 0.05) is 21.8 Å². The molecular formula is C26H22BrN3O2S. The van der Waals surface area contributed by atoms with Gasteiger partial charge in [0.2, 0.25) is 5.13 Å². The van der Waals surface area contributed by atoms with Crippen molar-refractivity contribution in [1.82, 2.24) is 4.98 Å². The van der Waals surface area contributed by atoms with Gasteiger partial charge in [0.15, 0.2) is 0 Å². The third-order valence-corrected chi connectivity index (χ3v) is 7.02. The van der Waals surface area contributed by atoms with Gasteiger partial charge in [-0.1, -0.05) is 40.2 Å². The van der Waals surface area contributed by atoms with Crippen molar-refractivity contribution in [1.29, 1.82) is 0 Å². The van der Waals surface area contributed by atoms with Crippen molar-refractivity contribution >= 4 is 38.1 Å². The molecule has 5 rings (SSSR count). The van der Waals surface area contributed by atoms with Crippen molar-refractivity contribution in [2.45, 2.75) is 12.5 Å². The molecule has 0 saturated heterocycles. The Kier molecular flexibility index (Phi) is 6.15. The Bertz CT molecular complexity index is 1270. The molecule has 1 aromatic heterocycles. The van der Waals surface area contributed by atoms with Gasteiger partial charge in [-0.3, -0.25) is 0 Å². The summed E-state index contributed by atoms with van der Waals surface area (Å²) >= 11 is 5.10. The first-order chi connectivity index (χ1) is 16.1. The maximum absolute atomic E-state index is 5.35. The summed E-state index contributed by atoms with van der Waals surface area (Å²) in [6.07, 6.45) is 0.784. The van der Waals surface area contributed by atoms with Gasteiger partial charge in [-0.2, -0.15) is 5.10 Å². The summed E-state index contributed by atoms with van der Waals surface area (Å²) in [4.78, 5) is 4.93. The fourth-order valence-corrected chi connectivity index (χ4v) is 4.95. The Balaban J connectivity index is 1.51. The first kappa shape index (κ1) is 21.7. The fourth-order valence-electron chi connectivity index (χ4n) is 3.85. The highest BCUT2D eigenvalue weighted by atomic mass is 79.9. The molecule has 0 fully saturated rings. The lowest BCUT2D eigenvalue weighted by Crippen LogP contribution is -2.18. The molecule has 0 N–H and O–H groups in total. The van der Waals surface area contributed by atoms with Crippen LogP contribution in [0.15, 0.2) is 87.8 Å². The molecule has 0 saturated carbocycles. The lowest BCUT2D eigenvalue weighted by atomic mass is 9.98. The summed E-state index contributed by atoms with van der Waals surface area (Å²) < 4.78 is 11.7. The first-order valence-corrected chi connectivity index (χ1v) is 12.2. The predicted molar refractivity (Wildman–Crippen MR) is 138 cm³/mol. The highest BCUT2D eigenvalue weighted by molar-refractivity contribution is 9.10. The number of aromatic nitrogens is 1. The standard InChI is InChI=1S/C26H22BrN3O2S/c1-31-21-11-5-17(6-12-21)23-15-25(19-7-13-22(32-2)14-8-19)30(29-23)26-28-24(16-33-26)18-3-9-20(27)10-4-18/h3-14,16,25H,15H2,1-2H3. The number of hydrogen-bond acceptors (Lipinski definition) is 6. The Morgan fingerprint density at radius 3 is 2.09 bits per heavy atom. The van der Waals surface area contributed by atoms with E-state index in [0.29, 0.717) is 0 Å². The average Bonchev–Trinajstić information content (AvgIpc) is 3.52. The van der Waals surface area contributed by atoms with Crippen LogP contribution in [0.25, 0.3) is 11.3 Å². The zero-order valence-corrected chi connectivity index (χ0v) is 20.6. The largest absolute Gasteiger partial charge is 0.497 e. The molecule has 33 heavy (non-hydrogen) atoms. The third-order valence-electron chi connectivity index (χ3n) is 5.66. The SMILES string of the molecule is COc1ccc(C2=NN(c3nc(-c4ccc(Br)cc4)cs3)C(c3ccc(OC)cc3)C2)cc1. The molecule has 4 aromatic rings. The van der Waals surface area contributed by atoms with Gasteiger partial charge in [0.25, 0.3) is 0 Å². The molecule has 2 heterocycles. The van der Waals surface area contributed by atoms with Crippen LogP contribution in [-0.4, -0.2) is 24.9 Å². The van der Waals surface area contributed by atoms with Gasteiger partial charge in [0.1, 0.15) is 11.5 Å². The van der Waals surface area contributed by atoms with Gasteiger partial charge in [-0.25, -0.2) is 9.99 Å². The van der Waals surface area contributed by atoms with Crippen molar-refractivity contribution in [3.8, 4) is 22.8 Å². The van der Waals surface area contributed by atoms with Crippen LogP contribution >= 0.6 is 27.3 Å². The molecule has 1 atom stereocenters. The van der Waals surface area contributed by atoms with Gasteiger partial charge < -0.3 is 9.47 Å². The van der Waals surface area contributed by atoms with Crippen molar-refractivity contribution in [3.63, 3.8) is 0 Å². The fraction of sp³-hybridized carbons (Fsp3) is 0.154. The van der Waals surface area contributed by atoms with E-state index >= 15 is 0 Å². The van der Waals surface area contributed by atoms with E-state index in [1.54, 1.807) is 25.6 Å². The maximum atomic E-state index is 5.35. The van der Waals surface area contributed by atoms with E-state index in [1.165, 1.54) is 5.56 Å². The lowest BCUT2D eigenvalue weighted by molar-refractivity contribution is 0.414. The molecule has 0 amide bonds. The summed E-state index contributed by atoms with van der Waals surface area (Å²) in [5.41, 5.74) is 5.31. The minimum atomic E-state index is 0.0527. The van der Waals surface area contributed by atoms with E-state index in [9.17, 15) is 0 Å². The number of methoxy groups -OCH3 is 2. The smallest absolute Gasteiger partial charge is 0.207 e. The van der Waals surface area contributed by atoms with E-state index < -0.39 is 0 Å². The number of rotatable bonds is 6. The van der Waals surface area contributed by atoms with Gasteiger partial charge >= 0.3 is 0 Å². The summed E-state index contributed by atoms with van der Waals surface area (Å²) in [5, 5.41) is 10.0. The molecule has 1 unspecified atom stereocenters.